The van der Waals surface area contributed by atoms with Crippen molar-refractivity contribution in [1.82, 2.24) is 5.32 Å². The molecule has 0 heterocycles. The Balaban J connectivity index is 4.76. The van der Waals surface area contributed by atoms with E-state index in [1.807, 2.05) is 0 Å². The zero-order chi connectivity index (χ0) is 10.4. The number of amides is 1. The topological polar surface area (TPSA) is 92.4 Å². The number of carboxylic acids is 1. The van der Waals surface area contributed by atoms with Gasteiger partial charge < -0.3 is 16.2 Å². The van der Waals surface area contributed by atoms with Crippen LogP contribution in [0.15, 0.2) is 11.4 Å². The fraction of sp³-hybridized carbons (Fsp3) is 0.286. The quantitative estimate of drug-likeness (QED) is 0.432. The molecule has 0 saturated heterocycles. The molecule has 0 aromatic heterocycles. The summed E-state index contributed by atoms with van der Waals surface area (Å²) in [5.74, 6) is -1.76. The number of allylic oxidation sites excluding steroid dienone is 1. The number of nitrogens with one attached hydrogen (secondary N) is 1. The number of aliphatic carboxylic acids is 1. The number of rotatable bonds is 4. The maximum absolute atomic E-state index is 10.6. The fourth-order valence-corrected chi connectivity index (χ4v) is 0.819. The van der Waals surface area contributed by atoms with Gasteiger partial charge in [-0.3, -0.25) is 4.79 Å². The highest BCUT2D eigenvalue weighted by Gasteiger charge is 2.12. The predicted molar refractivity (Wildman–Crippen MR) is 50.9 cm³/mol. The highest BCUT2D eigenvalue weighted by atomic mass is 32.1. The van der Waals surface area contributed by atoms with E-state index in [0.717, 1.165) is 0 Å². The Hall–Kier alpha value is -1.43. The van der Waals surface area contributed by atoms with Crippen molar-refractivity contribution in [3.05, 3.63) is 11.4 Å². The summed E-state index contributed by atoms with van der Waals surface area (Å²) in [6, 6.07) is 0. The maximum atomic E-state index is 10.6. The smallest absolute Gasteiger partial charge is 0.354 e. The third kappa shape index (κ3) is 4.22. The number of hydrogen-bond donors (Lipinski definition) is 3. The molecule has 0 fully saturated rings. The van der Waals surface area contributed by atoms with E-state index in [0.29, 0.717) is 0 Å². The summed E-state index contributed by atoms with van der Waals surface area (Å²) >= 11 is 4.50. The van der Waals surface area contributed by atoms with Crippen LogP contribution >= 0.6 is 12.2 Å². The lowest BCUT2D eigenvalue weighted by Crippen LogP contribution is -2.28. The summed E-state index contributed by atoms with van der Waals surface area (Å²) in [4.78, 5) is 21.1. The minimum atomic E-state index is -1.27. The molecular weight excluding hydrogens is 192 g/mol. The molecule has 1 amide bonds. The first-order chi connectivity index (χ1) is 5.99. The molecule has 13 heavy (non-hydrogen) atoms. The monoisotopic (exact) mass is 202 g/mol. The molecule has 0 bridgehead atoms. The maximum Gasteiger partial charge on any atom is 0.354 e. The van der Waals surface area contributed by atoms with E-state index in [9.17, 15) is 9.59 Å². The van der Waals surface area contributed by atoms with Gasteiger partial charge in [-0.25, -0.2) is 4.79 Å². The first kappa shape index (κ1) is 11.6. The van der Waals surface area contributed by atoms with Crippen LogP contribution in [0.3, 0.4) is 0 Å². The van der Waals surface area contributed by atoms with Crippen LogP contribution in [-0.4, -0.2) is 22.4 Å². The van der Waals surface area contributed by atoms with Crippen molar-refractivity contribution in [1.29, 1.82) is 0 Å². The number of nitrogens with two attached hydrogens (primary N) is 1. The molecule has 0 aromatic carbocycles. The highest BCUT2D eigenvalue weighted by molar-refractivity contribution is 7.79. The van der Waals surface area contributed by atoms with Crippen molar-refractivity contribution in [2.45, 2.75) is 13.3 Å². The van der Waals surface area contributed by atoms with Gasteiger partial charge in [0.2, 0.25) is 5.91 Å². The van der Waals surface area contributed by atoms with Crippen molar-refractivity contribution in [2.75, 3.05) is 0 Å². The summed E-state index contributed by atoms with van der Waals surface area (Å²) < 4.78 is 0. The molecule has 0 rings (SSSR count). The van der Waals surface area contributed by atoms with Crippen LogP contribution in [0.1, 0.15) is 13.3 Å². The van der Waals surface area contributed by atoms with Gasteiger partial charge in [-0.15, -0.1) is 0 Å². The molecule has 0 atom stereocenters. The van der Waals surface area contributed by atoms with E-state index >= 15 is 0 Å². The Morgan fingerprint density at radius 2 is 2.15 bits per heavy atom. The Bertz CT molecular complexity index is 273. The largest absolute Gasteiger partial charge is 0.477 e. The summed E-state index contributed by atoms with van der Waals surface area (Å²) in [7, 11) is 0. The van der Waals surface area contributed by atoms with E-state index in [-0.39, 0.29) is 17.8 Å². The van der Waals surface area contributed by atoms with Crippen LogP contribution in [0.2, 0.25) is 0 Å². The lowest BCUT2D eigenvalue weighted by molar-refractivity contribution is -0.134. The summed E-state index contributed by atoms with van der Waals surface area (Å²) in [5, 5.41) is 12.0. The number of carbonyl (C=O) groups is 2. The van der Waals surface area contributed by atoms with E-state index < -0.39 is 11.9 Å². The van der Waals surface area contributed by atoms with Gasteiger partial charge in [0, 0.05) is 19.0 Å². The van der Waals surface area contributed by atoms with Crippen LogP contribution in [0.5, 0.6) is 0 Å². The van der Waals surface area contributed by atoms with Gasteiger partial charge in [0.05, 0.1) is 0 Å². The van der Waals surface area contributed by atoms with Crippen molar-refractivity contribution in [3.8, 4) is 0 Å². The van der Waals surface area contributed by atoms with Crippen molar-refractivity contribution < 1.29 is 14.7 Å². The van der Waals surface area contributed by atoms with Gasteiger partial charge >= 0.3 is 5.97 Å². The van der Waals surface area contributed by atoms with Crippen LogP contribution in [0.4, 0.5) is 0 Å². The molecule has 5 nitrogen and oxygen atoms in total. The molecule has 0 aliphatic carbocycles. The Kier molecular flexibility index (Phi) is 4.68. The first-order valence-corrected chi connectivity index (χ1v) is 3.89. The summed E-state index contributed by atoms with van der Waals surface area (Å²) in [6.07, 6.45) is 0.150. The molecule has 4 N–H and O–H groups in total. The van der Waals surface area contributed by atoms with E-state index in [1.165, 1.54) is 12.3 Å². The van der Waals surface area contributed by atoms with Crippen molar-refractivity contribution in [2.24, 2.45) is 5.73 Å². The molecule has 0 aliphatic heterocycles. The Morgan fingerprint density at radius 1 is 1.62 bits per heavy atom. The average molecular weight is 202 g/mol. The average Bonchev–Trinajstić information content (AvgIpc) is 1.99. The van der Waals surface area contributed by atoms with Crippen LogP contribution in [0.25, 0.3) is 0 Å². The van der Waals surface area contributed by atoms with Crippen LogP contribution in [0, 0.1) is 0 Å². The zero-order valence-corrected chi connectivity index (χ0v) is 7.85. The number of thiocarbonyl (C=S) groups is 1. The summed E-state index contributed by atoms with van der Waals surface area (Å²) in [5.41, 5.74) is 5.09. The minimum absolute atomic E-state index is 0.0395. The van der Waals surface area contributed by atoms with Crippen LogP contribution in [-0.2, 0) is 9.59 Å². The second-order valence-electron chi connectivity index (χ2n) is 2.26. The molecular formula is C7H10N2O3S. The number of carbonyl (C=O) groups excluding carboxylic acids is 1. The lowest BCUT2D eigenvalue weighted by atomic mass is 10.2. The van der Waals surface area contributed by atoms with E-state index in [4.69, 9.17) is 10.8 Å². The molecule has 0 radical (unpaired) electrons. The predicted octanol–water partition coefficient (Wildman–Crippen LogP) is -0.233. The number of carboxylic acid groups (broad SMARTS) is 1. The summed E-state index contributed by atoms with van der Waals surface area (Å²) in [6.45, 7) is 1.20. The second kappa shape index (κ2) is 5.26. The SMILES string of the molecule is CC(=O)N/C(C(=O)O)=C(\N)CC=S. The Labute approximate surface area is 80.6 Å². The van der Waals surface area contributed by atoms with Gasteiger partial charge in [0.1, 0.15) is 5.70 Å². The van der Waals surface area contributed by atoms with Gasteiger partial charge in [0.25, 0.3) is 0 Å². The fourth-order valence-electron chi connectivity index (χ4n) is 0.639. The third-order valence-corrected chi connectivity index (χ3v) is 1.31. The van der Waals surface area contributed by atoms with Gasteiger partial charge in [0.15, 0.2) is 0 Å². The van der Waals surface area contributed by atoms with Gasteiger partial charge in [-0.2, -0.15) is 0 Å². The minimum Gasteiger partial charge on any atom is -0.477 e. The first-order valence-electron chi connectivity index (χ1n) is 3.42. The molecule has 6 heteroatoms. The lowest BCUT2D eigenvalue weighted by Gasteiger charge is -2.05. The standard InChI is InChI=1S/C7H10N2O3S/c1-4(10)9-6(7(11)12)5(8)2-3-13/h3H,2,8H2,1H3,(H,9,10)(H,11,12)/b6-5-. The molecule has 0 unspecified atom stereocenters. The van der Waals surface area contributed by atoms with E-state index in [2.05, 4.69) is 17.5 Å². The van der Waals surface area contributed by atoms with Crippen LogP contribution < -0.4 is 11.1 Å². The Morgan fingerprint density at radius 3 is 2.46 bits per heavy atom. The van der Waals surface area contributed by atoms with Gasteiger partial charge in [-0.05, 0) is 5.37 Å². The van der Waals surface area contributed by atoms with Crippen molar-refractivity contribution >= 4 is 29.5 Å². The normalized spacial score (nSPS) is 11.5. The third-order valence-electron chi connectivity index (χ3n) is 1.14. The van der Waals surface area contributed by atoms with Crippen molar-refractivity contribution in [3.63, 3.8) is 0 Å². The molecule has 72 valence electrons. The second-order valence-corrected chi connectivity index (χ2v) is 2.59. The zero-order valence-electron chi connectivity index (χ0n) is 7.03. The van der Waals surface area contributed by atoms with Gasteiger partial charge in [-0.1, -0.05) is 12.2 Å². The molecule has 0 aromatic rings. The molecule has 0 aliphatic rings. The molecule has 0 spiro atoms. The highest BCUT2D eigenvalue weighted by Crippen LogP contribution is 1.98. The molecule has 0 saturated carbocycles. The number of hydrogen-bond acceptors (Lipinski definition) is 4. The van der Waals surface area contributed by atoms with E-state index in [1.54, 1.807) is 0 Å².